The third kappa shape index (κ3) is 5.90. The second-order valence-corrected chi connectivity index (χ2v) is 8.97. The van der Waals surface area contributed by atoms with E-state index < -0.39 is 6.04 Å². The third-order valence-electron chi connectivity index (χ3n) is 6.39. The monoisotopic (exact) mass is 438 g/mol. The molecule has 0 radical (unpaired) electrons. The van der Waals surface area contributed by atoms with Crippen molar-refractivity contribution in [2.45, 2.75) is 83.5 Å². The molecule has 1 atom stereocenters. The largest absolute Gasteiger partial charge is 0.490 e. The molecule has 1 aromatic carbocycles. The van der Waals surface area contributed by atoms with Gasteiger partial charge in [-0.3, -0.25) is 14.3 Å². The molecule has 4 rings (SSSR count). The highest BCUT2D eigenvalue weighted by Gasteiger charge is 2.30. The average molecular weight is 439 g/mol. The highest BCUT2D eigenvalue weighted by Crippen LogP contribution is 2.26. The Morgan fingerprint density at radius 1 is 1.19 bits per heavy atom. The Hall–Kier alpha value is -2.83. The second-order valence-electron chi connectivity index (χ2n) is 8.97. The van der Waals surface area contributed by atoms with Gasteiger partial charge in [0, 0.05) is 32.3 Å². The topological polar surface area (TPSA) is 76.5 Å². The van der Waals surface area contributed by atoms with Gasteiger partial charge in [-0.15, -0.1) is 0 Å². The van der Waals surface area contributed by atoms with Crippen LogP contribution in [0.3, 0.4) is 0 Å². The minimum Gasteiger partial charge on any atom is -0.490 e. The summed E-state index contributed by atoms with van der Waals surface area (Å²) in [5.41, 5.74) is 1.91. The molecule has 1 N–H and O–H groups in total. The molecule has 1 saturated heterocycles. The van der Waals surface area contributed by atoms with E-state index in [4.69, 9.17) is 4.74 Å². The fourth-order valence-electron chi connectivity index (χ4n) is 4.65. The lowest BCUT2D eigenvalue weighted by Crippen LogP contribution is -2.48. The van der Waals surface area contributed by atoms with E-state index in [9.17, 15) is 9.59 Å². The fourth-order valence-corrected chi connectivity index (χ4v) is 4.65. The van der Waals surface area contributed by atoms with Crippen molar-refractivity contribution in [3.63, 3.8) is 0 Å². The molecule has 0 unspecified atom stereocenters. The van der Waals surface area contributed by atoms with E-state index in [0.717, 1.165) is 42.7 Å². The first kappa shape index (κ1) is 22.4. The van der Waals surface area contributed by atoms with Gasteiger partial charge in [0.1, 0.15) is 11.8 Å². The fraction of sp³-hybridized carbons (Fsp3) is 0.560. The molecule has 7 nitrogen and oxygen atoms in total. The summed E-state index contributed by atoms with van der Waals surface area (Å²) in [5, 5.41) is 7.36. The average Bonchev–Trinajstić information content (AvgIpc) is 3.40. The second kappa shape index (κ2) is 10.7. The molecule has 0 bridgehead atoms. The van der Waals surface area contributed by atoms with Gasteiger partial charge in [-0.25, -0.2) is 0 Å². The van der Waals surface area contributed by atoms with Crippen LogP contribution < -0.4 is 10.1 Å². The smallest absolute Gasteiger partial charge is 0.242 e. The zero-order chi connectivity index (χ0) is 22.3. The van der Waals surface area contributed by atoms with E-state index in [0.29, 0.717) is 32.5 Å². The lowest BCUT2D eigenvalue weighted by atomic mass is 10.1. The number of aryl methyl sites for hydroxylation is 2. The molecule has 2 aliphatic rings. The molecular weight excluding hydrogens is 404 g/mol. The van der Waals surface area contributed by atoms with E-state index >= 15 is 0 Å². The first-order valence-corrected chi connectivity index (χ1v) is 11.9. The number of nitrogens with zero attached hydrogens (tertiary/aromatic N) is 3. The Bertz CT molecular complexity index is 919. The molecule has 2 fully saturated rings. The minimum absolute atomic E-state index is 0.0256. The maximum Gasteiger partial charge on any atom is 0.242 e. The number of benzene rings is 1. The van der Waals surface area contributed by atoms with E-state index in [-0.39, 0.29) is 17.9 Å². The first-order chi connectivity index (χ1) is 15.6. The Morgan fingerprint density at radius 2 is 2.00 bits per heavy atom. The summed E-state index contributed by atoms with van der Waals surface area (Å²) in [6.45, 7) is 3.51. The van der Waals surface area contributed by atoms with Gasteiger partial charge < -0.3 is 15.0 Å². The van der Waals surface area contributed by atoms with Crippen molar-refractivity contribution in [3.05, 3.63) is 47.8 Å². The van der Waals surface area contributed by atoms with E-state index in [2.05, 4.69) is 10.4 Å². The first-order valence-electron chi connectivity index (χ1n) is 11.9. The molecule has 172 valence electrons. The molecule has 7 heteroatoms. The molecule has 1 saturated carbocycles. The van der Waals surface area contributed by atoms with Crippen LogP contribution in [0.25, 0.3) is 0 Å². The van der Waals surface area contributed by atoms with Crippen molar-refractivity contribution in [3.8, 4) is 5.75 Å². The van der Waals surface area contributed by atoms with Crippen LogP contribution in [0.2, 0.25) is 0 Å². The Morgan fingerprint density at radius 3 is 2.78 bits per heavy atom. The molecule has 2 aromatic rings. The van der Waals surface area contributed by atoms with Crippen LogP contribution >= 0.6 is 0 Å². The maximum absolute atomic E-state index is 13.3. The van der Waals surface area contributed by atoms with Crippen molar-refractivity contribution < 1.29 is 14.3 Å². The number of hydrogen-bond donors (Lipinski definition) is 1. The maximum atomic E-state index is 13.3. The van der Waals surface area contributed by atoms with Crippen molar-refractivity contribution in [2.75, 3.05) is 6.54 Å². The number of aromatic nitrogens is 2. The summed E-state index contributed by atoms with van der Waals surface area (Å²) in [4.78, 5) is 27.9. The minimum atomic E-state index is -0.441. The lowest BCUT2D eigenvalue weighted by Gasteiger charge is -2.30. The summed E-state index contributed by atoms with van der Waals surface area (Å²) in [7, 11) is 0. The van der Waals surface area contributed by atoms with E-state index in [1.54, 1.807) is 9.58 Å². The van der Waals surface area contributed by atoms with Crippen molar-refractivity contribution >= 4 is 11.8 Å². The molecule has 2 amide bonds. The van der Waals surface area contributed by atoms with Crippen LogP contribution in [0.15, 0.2) is 36.5 Å². The van der Waals surface area contributed by atoms with Gasteiger partial charge in [0.2, 0.25) is 11.8 Å². The highest BCUT2D eigenvalue weighted by molar-refractivity contribution is 5.87. The summed E-state index contributed by atoms with van der Waals surface area (Å²) < 4.78 is 7.94. The van der Waals surface area contributed by atoms with Gasteiger partial charge in [-0.05, 0) is 75.6 Å². The standard InChI is InChI=1S/C25H34N4O3/c1-19-12-15-28(27-19)16-13-24(30)29(23-11-4-5-14-26-25(23)31)18-20-7-6-10-22(17-20)32-21-8-2-3-9-21/h6-7,10,12,15,17,21,23H,2-5,8-9,11,13-14,16,18H2,1H3,(H,26,31)/t23-/m0/s1. The van der Waals surface area contributed by atoms with Gasteiger partial charge in [-0.1, -0.05) is 12.1 Å². The molecule has 32 heavy (non-hydrogen) atoms. The van der Waals surface area contributed by atoms with Gasteiger partial charge >= 0.3 is 0 Å². The molecule has 2 heterocycles. The summed E-state index contributed by atoms with van der Waals surface area (Å²) in [6, 6.07) is 9.46. The van der Waals surface area contributed by atoms with Crippen LogP contribution in [0, 0.1) is 6.92 Å². The van der Waals surface area contributed by atoms with Crippen molar-refractivity contribution in [1.29, 1.82) is 0 Å². The van der Waals surface area contributed by atoms with Crippen molar-refractivity contribution in [1.82, 2.24) is 20.0 Å². The Kier molecular flexibility index (Phi) is 7.45. The number of hydrogen-bond acceptors (Lipinski definition) is 4. The predicted octanol–water partition coefficient (Wildman–Crippen LogP) is 3.60. The van der Waals surface area contributed by atoms with Gasteiger partial charge in [0.15, 0.2) is 0 Å². The summed E-state index contributed by atoms with van der Waals surface area (Å²) in [6.07, 6.45) is 9.69. The van der Waals surface area contributed by atoms with Crippen LogP contribution in [0.5, 0.6) is 5.75 Å². The number of amides is 2. The molecule has 0 spiro atoms. The SMILES string of the molecule is Cc1ccn(CCC(=O)N(Cc2cccc(OC3CCCC3)c2)[C@H]2CCCCNC2=O)n1. The lowest BCUT2D eigenvalue weighted by molar-refractivity contribution is -0.141. The van der Waals surface area contributed by atoms with Gasteiger partial charge in [0.05, 0.1) is 11.8 Å². The number of carbonyl (C=O) groups excluding carboxylic acids is 2. The zero-order valence-electron chi connectivity index (χ0n) is 19.0. The van der Waals surface area contributed by atoms with E-state index in [1.807, 2.05) is 43.5 Å². The van der Waals surface area contributed by atoms with Crippen LogP contribution in [0.4, 0.5) is 0 Å². The number of rotatable bonds is 8. The number of carbonyl (C=O) groups is 2. The Balaban J connectivity index is 1.49. The van der Waals surface area contributed by atoms with Crippen molar-refractivity contribution in [2.24, 2.45) is 0 Å². The normalized spacial score (nSPS) is 19.4. The van der Waals surface area contributed by atoms with Crippen LogP contribution in [0.1, 0.15) is 62.6 Å². The summed E-state index contributed by atoms with van der Waals surface area (Å²) in [5.74, 6) is 0.769. The predicted molar refractivity (Wildman–Crippen MR) is 122 cm³/mol. The number of ether oxygens (including phenoxy) is 1. The molecule has 1 aliphatic heterocycles. The zero-order valence-corrected chi connectivity index (χ0v) is 19.0. The molecule has 1 aliphatic carbocycles. The third-order valence-corrected chi connectivity index (χ3v) is 6.39. The van der Waals surface area contributed by atoms with Gasteiger partial charge in [0.25, 0.3) is 0 Å². The Labute approximate surface area is 190 Å². The molecule has 1 aromatic heterocycles. The number of nitrogens with one attached hydrogen (secondary N) is 1. The quantitative estimate of drug-likeness (QED) is 0.683. The van der Waals surface area contributed by atoms with Crippen LogP contribution in [-0.2, 0) is 22.7 Å². The van der Waals surface area contributed by atoms with E-state index in [1.165, 1.54) is 12.8 Å². The van der Waals surface area contributed by atoms with Crippen LogP contribution in [-0.4, -0.2) is 45.2 Å². The highest BCUT2D eigenvalue weighted by atomic mass is 16.5. The molecular formula is C25H34N4O3. The summed E-state index contributed by atoms with van der Waals surface area (Å²) >= 11 is 0. The van der Waals surface area contributed by atoms with Gasteiger partial charge in [-0.2, -0.15) is 5.10 Å².